The van der Waals surface area contributed by atoms with Crippen LogP contribution in [-0.2, 0) is 0 Å². The molecule has 10 rings (SSSR count). The summed E-state index contributed by atoms with van der Waals surface area (Å²) in [5.74, 6) is 0.579. The van der Waals surface area contributed by atoms with E-state index < -0.39 is 0 Å². The maximum Gasteiger partial charge on any atom is 0.234 e. The minimum absolute atomic E-state index is 0.579. The molecular weight excluding hydrogens is 625 g/mol. The summed E-state index contributed by atoms with van der Waals surface area (Å²) < 4.78 is 8.74. The van der Waals surface area contributed by atoms with Crippen molar-refractivity contribution in [2.24, 2.45) is 0 Å². The highest BCUT2D eigenvalue weighted by molar-refractivity contribution is 6.10. The summed E-state index contributed by atoms with van der Waals surface area (Å²) >= 11 is 0. The third-order valence-electron chi connectivity index (χ3n) is 9.94. The van der Waals surface area contributed by atoms with Crippen molar-refractivity contribution in [1.29, 1.82) is 0 Å². The average molecular weight is 657 g/mol. The first kappa shape index (κ1) is 29.2. The SMILES string of the molecule is C1=c2oc3cc(N(c4ccc5c6ccccc6n(-c6ccccc6)c5c4)c4ncc(-c5ccc(-c6ccccc6)cc5)cn4)ccc3c2=CCC1. The summed E-state index contributed by atoms with van der Waals surface area (Å²) in [6.45, 7) is 0. The van der Waals surface area contributed by atoms with E-state index in [0.29, 0.717) is 5.95 Å². The first-order chi connectivity index (χ1) is 25.3. The minimum Gasteiger partial charge on any atom is -0.456 e. The lowest BCUT2D eigenvalue weighted by Crippen LogP contribution is -2.22. The second-order valence-electron chi connectivity index (χ2n) is 13.0. The molecule has 5 nitrogen and oxygen atoms in total. The van der Waals surface area contributed by atoms with Gasteiger partial charge in [0, 0.05) is 51.1 Å². The maximum atomic E-state index is 6.40. The topological polar surface area (TPSA) is 47.1 Å². The van der Waals surface area contributed by atoms with E-state index in [9.17, 15) is 0 Å². The molecule has 0 unspecified atom stereocenters. The van der Waals surface area contributed by atoms with Crippen LogP contribution in [0.4, 0.5) is 17.3 Å². The second-order valence-corrected chi connectivity index (χ2v) is 13.0. The van der Waals surface area contributed by atoms with Crippen LogP contribution in [0.5, 0.6) is 0 Å². The fourth-order valence-corrected chi connectivity index (χ4v) is 7.47. The summed E-state index contributed by atoms with van der Waals surface area (Å²) in [4.78, 5) is 12.1. The number of benzene rings is 6. The zero-order chi connectivity index (χ0) is 33.7. The molecule has 0 amide bonds. The highest BCUT2D eigenvalue weighted by atomic mass is 16.3. The lowest BCUT2D eigenvalue weighted by Gasteiger charge is -2.23. The van der Waals surface area contributed by atoms with Crippen LogP contribution in [0.1, 0.15) is 12.8 Å². The van der Waals surface area contributed by atoms with Crippen LogP contribution in [0, 0.1) is 0 Å². The molecule has 0 aliphatic heterocycles. The Morgan fingerprint density at radius 3 is 1.90 bits per heavy atom. The van der Waals surface area contributed by atoms with Gasteiger partial charge >= 0.3 is 0 Å². The van der Waals surface area contributed by atoms with Crippen molar-refractivity contribution in [2.75, 3.05) is 4.90 Å². The van der Waals surface area contributed by atoms with Gasteiger partial charge in [0.15, 0.2) is 0 Å². The fraction of sp³-hybridized carbons (Fsp3) is 0.0435. The van der Waals surface area contributed by atoms with Gasteiger partial charge in [0.25, 0.3) is 0 Å². The quantitative estimate of drug-likeness (QED) is 0.179. The van der Waals surface area contributed by atoms with Crippen molar-refractivity contribution in [3.63, 3.8) is 0 Å². The van der Waals surface area contributed by atoms with Crippen molar-refractivity contribution in [2.45, 2.75) is 12.8 Å². The zero-order valence-corrected chi connectivity index (χ0v) is 27.8. The lowest BCUT2D eigenvalue weighted by molar-refractivity contribution is 0.572. The van der Waals surface area contributed by atoms with Crippen molar-refractivity contribution in [3.8, 4) is 27.9 Å². The van der Waals surface area contributed by atoms with Gasteiger partial charge in [-0.1, -0.05) is 103 Å². The Kier molecular flexibility index (Phi) is 6.88. The fourth-order valence-electron chi connectivity index (χ4n) is 7.47. The maximum absolute atomic E-state index is 6.40. The van der Waals surface area contributed by atoms with Gasteiger partial charge in [-0.15, -0.1) is 0 Å². The standard InChI is InChI=1S/C46H32N4O/c1-3-11-31(12-4-1)32-19-21-33(22-20-32)34-29-47-46(48-30-34)49(37-24-26-41-40-16-8-10-18-44(40)51-45(41)28-37)36-23-25-39-38-15-7-9-17-42(38)50(43(39)27-36)35-13-5-2-6-14-35/h1-7,9,11-30H,8,10H2. The molecule has 0 bridgehead atoms. The van der Waals surface area contributed by atoms with Gasteiger partial charge in [0.2, 0.25) is 5.95 Å². The smallest absolute Gasteiger partial charge is 0.234 e. The molecule has 1 aliphatic carbocycles. The van der Waals surface area contributed by atoms with Crippen molar-refractivity contribution in [3.05, 3.63) is 169 Å². The van der Waals surface area contributed by atoms with Gasteiger partial charge < -0.3 is 8.98 Å². The number of furan rings is 1. The van der Waals surface area contributed by atoms with E-state index in [1.165, 1.54) is 27.1 Å². The second kappa shape index (κ2) is 12.0. The van der Waals surface area contributed by atoms with Gasteiger partial charge in [-0.25, -0.2) is 9.97 Å². The molecule has 0 spiro atoms. The predicted octanol–water partition coefficient (Wildman–Crippen LogP) is 10.5. The van der Waals surface area contributed by atoms with Gasteiger partial charge in [-0.2, -0.15) is 0 Å². The summed E-state index contributed by atoms with van der Waals surface area (Å²) in [5.41, 5.74) is 11.5. The number of para-hydroxylation sites is 2. The molecule has 0 atom stereocenters. The van der Waals surface area contributed by atoms with E-state index in [4.69, 9.17) is 14.4 Å². The van der Waals surface area contributed by atoms with Crippen LogP contribution < -0.4 is 15.5 Å². The predicted molar refractivity (Wildman–Crippen MR) is 209 cm³/mol. The molecule has 0 saturated carbocycles. The molecule has 3 heterocycles. The minimum atomic E-state index is 0.579. The highest BCUT2D eigenvalue weighted by Gasteiger charge is 2.20. The van der Waals surface area contributed by atoms with Crippen molar-refractivity contribution in [1.82, 2.24) is 14.5 Å². The third kappa shape index (κ3) is 5.01. The molecule has 6 aromatic carbocycles. The Morgan fingerprint density at radius 1 is 0.510 bits per heavy atom. The number of hydrogen-bond donors (Lipinski definition) is 0. The molecule has 0 saturated heterocycles. The average Bonchev–Trinajstić information content (AvgIpc) is 3.74. The van der Waals surface area contributed by atoms with E-state index in [1.54, 1.807) is 0 Å². The number of nitrogens with zero attached hydrogens (tertiary/aromatic N) is 4. The van der Waals surface area contributed by atoms with Crippen LogP contribution in [0.15, 0.2) is 162 Å². The molecule has 0 fully saturated rings. The number of anilines is 3. The molecule has 242 valence electrons. The summed E-state index contributed by atoms with van der Waals surface area (Å²) in [6, 6.07) is 51.2. The van der Waals surface area contributed by atoms with Crippen molar-refractivity contribution >= 4 is 62.3 Å². The van der Waals surface area contributed by atoms with E-state index in [1.807, 2.05) is 18.5 Å². The van der Waals surface area contributed by atoms with Crippen LogP contribution in [0.2, 0.25) is 0 Å². The number of hydrogen-bond acceptors (Lipinski definition) is 4. The van der Waals surface area contributed by atoms with Crippen LogP contribution in [0.25, 0.3) is 72.9 Å². The molecule has 51 heavy (non-hydrogen) atoms. The van der Waals surface area contributed by atoms with Crippen LogP contribution >= 0.6 is 0 Å². The van der Waals surface area contributed by atoms with Crippen molar-refractivity contribution < 1.29 is 4.42 Å². The van der Waals surface area contributed by atoms with Crippen LogP contribution in [-0.4, -0.2) is 14.5 Å². The number of aromatic nitrogens is 3. The number of rotatable bonds is 6. The van der Waals surface area contributed by atoms with Crippen LogP contribution in [0.3, 0.4) is 0 Å². The largest absolute Gasteiger partial charge is 0.456 e. The van der Waals surface area contributed by atoms with E-state index in [0.717, 1.165) is 68.4 Å². The molecule has 0 N–H and O–H groups in total. The molecule has 3 aromatic heterocycles. The third-order valence-corrected chi connectivity index (χ3v) is 9.94. The normalized spacial score (nSPS) is 12.5. The Labute approximate surface area is 294 Å². The van der Waals surface area contributed by atoms with E-state index in [2.05, 4.69) is 161 Å². The Hall–Kier alpha value is -6.72. The highest BCUT2D eigenvalue weighted by Crippen LogP contribution is 2.39. The summed E-state index contributed by atoms with van der Waals surface area (Å²) in [5, 5.41) is 4.71. The Morgan fingerprint density at radius 2 is 1.12 bits per heavy atom. The molecule has 1 aliphatic rings. The Balaban J connectivity index is 1.12. The summed E-state index contributed by atoms with van der Waals surface area (Å²) in [7, 11) is 0. The monoisotopic (exact) mass is 656 g/mol. The lowest BCUT2D eigenvalue weighted by atomic mass is 10.0. The van der Waals surface area contributed by atoms with Gasteiger partial charge in [-0.05, 0) is 78.1 Å². The first-order valence-corrected chi connectivity index (χ1v) is 17.4. The Bertz CT molecular complexity index is 2840. The zero-order valence-electron chi connectivity index (χ0n) is 27.8. The van der Waals surface area contributed by atoms with Gasteiger partial charge in [0.05, 0.1) is 22.4 Å². The summed E-state index contributed by atoms with van der Waals surface area (Å²) in [6.07, 6.45) is 10.3. The number of fused-ring (bicyclic) bond motifs is 6. The molecule has 9 aromatic rings. The van der Waals surface area contributed by atoms with Gasteiger partial charge in [-0.3, -0.25) is 4.90 Å². The molecule has 0 radical (unpaired) electrons. The first-order valence-electron chi connectivity index (χ1n) is 17.4. The van der Waals surface area contributed by atoms with Gasteiger partial charge in [0.1, 0.15) is 11.0 Å². The molecular formula is C46H32N4O. The van der Waals surface area contributed by atoms with E-state index >= 15 is 0 Å². The van der Waals surface area contributed by atoms with E-state index in [-0.39, 0.29) is 0 Å². The molecule has 5 heteroatoms.